The number of aliphatic hydroxyl groups is 1. The summed E-state index contributed by atoms with van der Waals surface area (Å²) in [5, 5.41) is 10.1. The first-order chi connectivity index (χ1) is 12.8. The summed E-state index contributed by atoms with van der Waals surface area (Å²) in [4.78, 5) is 11.9. The normalized spacial score (nSPS) is 45.9. The first-order valence-electron chi connectivity index (χ1n) is 9.88. The molecular formula is C21H25F5O2. The first-order valence-corrected chi connectivity index (χ1v) is 9.88. The van der Waals surface area contributed by atoms with Crippen LogP contribution in [0.5, 0.6) is 0 Å². The van der Waals surface area contributed by atoms with Crippen LogP contribution in [-0.4, -0.2) is 29.1 Å². The van der Waals surface area contributed by atoms with E-state index in [9.17, 15) is 31.9 Å². The van der Waals surface area contributed by atoms with E-state index in [1.54, 1.807) is 13.0 Å². The minimum atomic E-state index is -5.57. The van der Waals surface area contributed by atoms with Gasteiger partial charge in [-0.1, -0.05) is 31.6 Å². The number of hydrogen-bond donors (Lipinski definition) is 1. The molecule has 0 bridgehead atoms. The summed E-state index contributed by atoms with van der Waals surface area (Å²) in [5.74, 6) is -7.21. The van der Waals surface area contributed by atoms with Gasteiger partial charge >= 0.3 is 12.1 Å². The number of ketones is 1. The Labute approximate surface area is 160 Å². The molecule has 0 radical (unpaired) electrons. The lowest BCUT2D eigenvalue weighted by atomic mass is 9.46. The topological polar surface area (TPSA) is 37.3 Å². The molecule has 4 rings (SSSR count). The Balaban J connectivity index is 1.67. The number of halogens is 5. The van der Waals surface area contributed by atoms with Crippen molar-refractivity contribution in [2.45, 2.75) is 64.2 Å². The van der Waals surface area contributed by atoms with E-state index < -0.39 is 35.0 Å². The number of carbonyl (C=O) groups is 1. The average Bonchev–Trinajstić information content (AvgIpc) is 2.93. The van der Waals surface area contributed by atoms with E-state index in [0.717, 1.165) is 11.6 Å². The molecule has 1 N–H and O–H groups in total. The first kappa shape index (κ1) is 20.0. The van der Waals surface area contributed by atoms with Crippen molar-refractivity contribution in [2.24, 2.45) is 34.5 Å². The summed E-state index contributed by atoms with van der Waals surface area (Å²) in [7, 11) is 0. The molecule has 0 aliphatic heterocycles. The molecule has 0 spiro atoms. The van der Waals surface area contributed by atoms with E-state index in [1.165, 1.54) is 6.08 Å². The van der Waals surface area contributed by atoms with Crippen molar-refractivity contribution in [3.8, 4) is 0 Å². The van der Waals surface area contributed by atoms with E-state index in [4.69, 9.17) is 0 Å². The standard InChI is InChI=1S/C21H25F5O2/c1-18-8-7-14-12(4-3-11-9-15(27)16(28)10-19(11,14)2)13(18)5-6-17(18)20(22,23)21(24,25)26/h5-6,9,12-14,16-17,28H,3-4,7-8,10H2,1-2H3/t12-,13-,14-,16?,17-,18-,19-/m0/s1. The van der Waals surface area contributed by atoms with Crippen molar-refractivity contribution in [3.05, 3.63) is 23.8 Å². The van der Waals surface area contributed by atoms with Gasteiger partial charge in [0.1, 0.15) is 6.10 Å². The zero-order valence-electron chi connectivity index (χ0n) is 15.9. The van der Waals surface area contributed by atoms with Crippen LogP contribution in [0, 0.1) is 34.5 Å². The second-order valence-corrected chi connectivity index (χ2v) is 9.57. The molecule has 2 nitrogen and oxygen atoms in total. The van der Waals surface area contributed by atoms with Crippen LogP contribution in [0.3, 0.4) is 0 Å². The summed E-state index contributed by atoms with van der Waals surface area (Å²) in [6, 6.07) is 0. The highest BCUT2D eigenvalue weighted by molar-refractivity contribution is 5.95. The molecule has 1 unspecified atom stereocenters. The van der Waals surface area contributed by atoms with Gasteiger partial charge in [0.25, 0.3) is 0 Å². The minimum absolute atomic E-state index is 0.0217. The maximum Gasteiger partial charge on any atom is 0.453 e. The highest BCUT2D eigenvalue weighted by Crippen LogP contribution is 2.67. The van der Waals surface area contributed by atoms with Crippen LogP contribution in [-0.2, 0) is 4.79 Å². The number of alkyl halides is 5. The molecule has 0 amide bonds. The zero-order chi connectivity index (χ0) is 20.7. The largest absolute Gasteiger partial charge is 0.453 e. The predicted octanol–water partition coefficient (Wildman–Crippen LogP) is 5.08. The highest BCUT2D eigenvalue weighted by Gasteiger charge is 2.69. The average molecular weight is 404 g/mol. The summed E-state index contributed by atoms with van der Waals surface area (Å²) < 4.78 is 67.7. The van der Waals surface area contributed by atoms with Crippen LogP contribution in [0.15, 0.2) is 23.8 Å². The summed E-state index contributed by atoms with van der Waals surface area (Å²) in [6.45, 7) is 3.58. The second kappa shape index (κ2) is 5.89. The van der Waals surface area contributed by atoms with Gasteiger partial charge in [0.2, 0.25) is 0 Å². The van der Waals surface area contributed by atoms with Gasteiger partial charge in [-0.25, -0.2) is 0 Å². The molecular weight excluding hydrogens is 379 g/mol. The lowest BCUT2D eigenvalue weighted by Crippen LogP contribution is -2.56. The van der Waals surface area contributed by atoms with Crippen molar-refractivity contribution < 1.29 is 31.9 Å². The van der Waals surface area contributed by atoms with Crippen molar-refractivity contribution in [3.63, 3.8) is 0 Å². The van der Waals surface area contributed by atoms with E-state index in [2.05, 4.69) is 0 Å². The van der Waals surface area contributed by atoms with E-state index >= 15 is 0 Å². The highest BCUT2D eigenvalue weighted by atomic mass is 19.4. The Morgan fingerprint density at radius 1 is 1.11 bits per heavy atom. The summed E-state index contributed by atoms with van der Waals surface area (Å²) in [5.41, 5.74) is -0.552. The van der Waals surface area contributed by atoms with Gasteiger partial charge in [-0.05, 0) is 66.8 Å². The van der Waals surface area contributed by atoms with Crippen molar-refractivity contribution in [2.75, 3.05) is 0 Å². The van der Waals surface area contributed by atoms with E-state index in [-0.39, 0.29) is 30.0 Å². The van der Waals surface area contributed by atoms with Crippen LogP contribution in [0.1, 0.15) is 46.0 Å². The van der Waals surface area contributed by atoms with Gasteiger partial charge in [-0.15, -0.1) is 0 Å². The Morgan fingerprint density at radius 2 is 1.79 bits per heavy atom. The number of aliphatic hydroxyl groups excluding tert-OH is 1. The molecule has 0 saturated heterocycles. The fourth-order valence-electron chi connectivity index (χ4n) is 6.78. The molecule has 0 aromatic rings. The molecule has 2 saturated carbocycles. The molecule has 4 aliphatic carbocycles. The van der Waals surface area contributed by atoms with Gasteiger partial charge in [0.05, 0.1) is 5.92 Å². The second-order valence-electron chi connectivity index (χ2n) is 9.57. The van der Waals surface area contributed by atoms with Crippen molar-refractivity contribution in [1.29, 1.82) is 0 Å². The maximum atomic E-state index is 14.3. The maximum absolute atomic E-state index is 14.3. The third-order valence-electron chi connectivity index (χ3n) is 8.28. The van der Waals surface area contributed by atoms with Gasteiger partial charge in [-0.3, -0.25) is 4.79 Å². The summed E-state index contributed by atoms with van der Waals surface area (Å²) in [6.07, 6.45) is -0.0372. The number of hydrogen-bond acceptors (Lipinski definition) is 2. The van der Waals surface area contributed by atoms with Gasteiger partial charge in [-0.2, -0.15) is 22.0 Å². The third-order valence-corrected chi connectivity index (χ3v) is 8.28. The molecule has 28 heavy (non-hydrogen) atoms. The van der Waals surface area contributed by atoms with Gasteiger partial charge < -0.3 is 5.11 Å². The lowest BCUT2D eigenvalue weighted by molar-refractivity contribution is -0.311. The Morgan fingerprint density at radius 3 is 2.43 bits per heavy atom. The molecule has 0 heterocycles. The lowest BCUT2D eigenvalue weighted by Gasteiger charge is -2.58. The molecule has 7 heteroatoms. The van der Waals surface area contributed by atoms with Crippen LogP contribution in [0.2, 0.25) is 0 Å². The quantitative estimate of drug-likeness (QED) is 0.489. The SMILES string of the molecule is C[C@]12CC[C@H]3[C@@H](CCC4=CC(=O)C(O)C[C@@]43C)[C@@H]1C=C[C@@H]2C(F)(F)C(F)(F)F. The Bertz CT molecular complexity index is 754. The fourth-order valence-corrected chi connectivity index (χ4v) is 6.78. The van der Waals surface area contributed by atoms with E-state index in [0.29, 0.717) is 25.7 Å². The van der Waals surface area contributed by atoms with Gasteiger partial charge in [0.15, 0.2) is 5.78 Å². The van der Waals surface area contributed by atoms with Crippen molar-refractivity contribution in [1.82, 2.24) is 0 Å². The number of carbonyl (C=O) groups excluding carboxylic acids is 1. The number of fused-ring (bicyclic) bond motifs is 5. The molecule has 0 aromatic carbocycles. The zero-order valence-corrected chi connectivity index (χ0v) is 15.9. The van der Waals surface area contributed by atoms with Crippen LogP contribution >= 0.6 is 0 Å². The molecule has 7 atom stereocenters. The predicted molar refractivity (Wildman–Crippen MR) is 92.5 cm³/mol. The van der Waals surface area contributed by atoms with Gasteiger partial charge in [0, 0.05) is 0 Å². The fraction of sp³-hybridized carbons (Fsp3) is 0.762. The molecule has 156 valence electrons. The molecule has 4 aliphatic rings. The van der Waals surface area contributed by atoms with Crippen molar-refractivity contribution >= 4 is 5.78 Å². The van der Waals surface area contributed by atoms with Crippen LogP contribution in [0.25, 0.3) is 0 Å². The van der Waals surface area contributed by atoms with E-state index in [1.807, 2.05) is 6.92 Å². The monoisotopic (exact) mass is 404 g/mol. The number of allylic oxidation sites excluding steroid dienone is 3. The smallest absolute Gasteiger partial charge is 0.385 e. The van der Waals surface area contributed by atoms with Crippen LogP contribution < -0.4 is 0 Å². The molecule has 0 aromatic heterocycles. The Hall–Kier alpha value is -1.24. The molecule has 2 fully saturated rings. The summed E-state index contributed by atoms with van der Waals surface area (Å²) >= 11 is 0. The number of rotatable bonds is 1. The minimum Gasteiger partial charge on any atom is -0.385 e. The third kappa shape index (κ3) is 2.50. The van der Waals surface area contributed by atoms with Crippen LogP contribution in [0.4, 0.5) is 22.0 Å². The Kier molecular flexibility index (Phi) is 4.22.